The summed E-state index contributed by atoms with van der Waals surface area (Å²) in [5.74, 6) is -0.220. The molecule has 20 heavy (non-hydrogen) atoms. The summed E-state index contributed by atoms with van der Waals surface area (Å²) < 4.78 is 0. The van der Waals surface area contributed by atoms with Crippen LogP contribution in [0.1, 0.15) is 10.6 Å². The summed E-state index contributed by atoms with van der Waals surface area (Å²) in [4.78, 5) is 15.8. The third kappa shape index (κ3) is 2.42. The lowest BCUT2D eigenvalue weighted by atomic mass is 10.0. The van der Waals surface area contributed by atoms with Gasteiger partial charge in [-0.25, -0.2) is 4.98 Å². The van der Waals surface area contributed by atoms with E-state index >= 15 is 0 Å². The number of hydrogen-bond donors (Lipinski definition) is 2. The molecule has 0 unspecified atom stereocenters. The molecule has 5 heteroatoms. The second kappa shape index (κ2) is 5.36. The van der Waals surface area contributed by atoms with E-state index in [4.69, 9.17) is 0 Å². The first kappa shape index (κ1) is 12.1. The van der Waals surface area contributed by atoms with Crippen molar-refractivity contribution in [2.75, 3.05) is 5.32 Å². The molecule has 0 aliphatic heterocycles. The molecule has 0 saturated heterocycles. The number of aromatic nitrogens is 3. The van der Waals surface area contributed by atoms with Crippen molar-refractivity contribution >= 4 is 11.6 Å². The normalized spacial score (nSPS) is 10.2. The van der Waals surface area contributed by atoms with E-state index in [2.05, 4.69) is 20.5 Å². The molecule has 1 aromatic heterocycles. The Labute approximate surface area is 115 Å². The highest BCUT2D eigenvalue weighted by Crippen LogP contribution is 2.27. The Balaban J connectivity index is 1.93. The van der Waals surface area contributed by atoms with E-state index < -0.39 is 0 Å². The Morgan fingerprint density at radius 2 is 1.75 bits per heavy atom. The van der Waals surface area contributed by atoms with Crippen LogP contribution in [0.4, 0.5) is 5.69 Å². The highest BCUT2D eigenvalue weighted by atomic mass is 16.2. The number of carbonyl (C=O) groups is 1. The molecule has 0 saturated carbocycles. The Kier molecular flexibility index (Phi) is 3.24. The largest absolute Gasteiger partial charge is 0.319 e. The zero-order chi connectivity index (χ0) is 13.8. The number of amides is 1. The van der Waals surface area contributed by atoms with Gasteiger partial charge in [-0.15, -0.1) is 5.10 Å². The van der Waals surface area contributed by atoms with Crippen molar-refractivity contribution in [1.29, 1.82) is 0 Å². The van der Waals surface area contributed by atoms with Gasteiger partial charge in [0, 0.05) is 11.3 Å². The van der Waals surface area contributed by atoms with Gasteiger partial charge in [-0.1, -0.05) is 48.5 Å². The van der Waals surface area contributed by atoms with E-state index in [9.17, 15) is 4.79 Å². The summed E-state index contributed by atoms with van der Waals surface area (Å²) in [5, 5.41) is 9.11. The molecule has 2 aromatic carbocycles. The van der Waals surface area contributed by atoms with Gasteiger partial charge in [-0.05, 0) is 11.6 Å². The van der Waals surface area contributed by atoms with Gasteiger partial charge in [0.15, 0.2) is 0 Å². The fourth-order valence-corrected chi connectivity index (χ4v) is 1.96. The van der Waals surface area contributed by atoms with Crippen molar-refractivity contribution in [3.8, 4) is 11.1 Å². The van der Waals surface area contributed by atoms with Crippen LogP contribution in [-0.4, -0.2) is 21.1 Å². The summed E-state index contributed by atoms with van der Waals surface area (Å²) in [6.45, 7) is 0. The molecule has 5 nitrogen and oxygen atoms in total. The Bertz CT molecular complexity index is 708. The third-order valence-electron chi connectivity index (χ3n) is 2.88. The van der Waals surface area contributed by atoms with E-state index in [1.54, 1.807) is 0 Å². The van der Waals surface area contributed by atoms with Gasteiger partial charge in [-0.2, -0.15) is 0 Å². The Morgan fingerprint density at radius 1 is 1.00 bits per heavy atom. The molecule has 3 aromatic rings. The minimum absolute atomic E-state index is 0.118. The monoisotopic (exact) mass is 264 g/mol. The van der Waals surface area contributed by atoms with Crippen LogP contribution >= 0.6 is 0 Å². The highest BCUT2D eigenvalue weighted by molar-refractivity contribution is 6.03. The summed E-state index contributed by atoms with van der Waals surface area (Å²) in [7, 11) is 0. The highest BCUT2D eigenvalue weighted by Gasteiger charge is 2.12. The van der Waals surface area contributed by atoms with Gasteiger partial charge in [0.05, 0.1) is 0 Å². The van der Waals surface area contributed by atoms with Crippen molar-refractivity contribution in [2.24, 2.45) is 0 Å². The predicted molar refractivity (Wildman–Crippen MR) is 76.2 cm³/mol. The molecule has 0 atom stereocenters. The lowest BCUT2D eigenvalue weighted by Crippen LogP contribution is -2.14. The molecular formula is C15H12N4O. The summed E-state index contributed by atoms with van der Waals surface area (Å²) in [6, 6.07) is 17.5. The molecule has 0 radical (unpaired) electrons. The molecule has 0 fully saturated rings. The van der Waals surface area contributed by atoms with E-state index in [1.165, 1.54) is 6.33 Å². The van der Waals surface area contributed by atoms with Gasteiger partial charge in [0.2, 0.25) is 5.82 Å². The maximum absolute atomic E-state index is 12.0. The lowest BCUT2D eigenvalue weighted by Gasteiger charge is -2.10. The van der Waals surface area contributed by atoms with Gasteiger partial charge < -0.3 is 5.32 Å². The average molecular weight is 264 g/mol. The Morgan fingerprint density at radius 3 is 2.50 bits per heavy atom. The number of hydrogen-bond acceptors (Lipinski definition) is 3. The number of nitrogens with zero attached hydrogens (tertiary/aromatic N) is 2. The van der Waals surface area contributed by atoms with Gasteiger partial charge in [0.25, 0.3) is 5.91 Å². The SMILES string of the molecule is O=C(Nc1ccccc1-c1ccccc1)c1nc[nH]n1. The number of anilines is 1. The lowest BCUT2D eigenvalue weighted by molar-refractivity contribution is 0.101. The molecule has 98 valence electrons. The van der Waals surface area contributed by atoms with Gasteiger partial charge >= 0.3 is 0 Å². The zero-order valence-corrected chi connectivity index (χ0v) is 10.6. The topological polar surface area (TPSA) is 70.7 Å². The van der Waals surface area contributed by atoms with Crippen LogP contribution in [-0.2, 0) is 0 Å². The maximum Gasteiger partial charge on any atom is 0.295 e. The molecule has 0 spiro atoms. The molecular weight excluding hydrogens is 252 g/mol. The third-order valence-corrected chi connectivity index (χ3v) is 2.88. The van der Waals surface area contributed by atoms with Crippen molar-refractivity contribution < 1.29 is 4.79 Å². The summed E-state index contributed by atoms with van der Waals surface area (Å²) in [6.07, 6.45) is 1.37. The van der Waals surface area contributed by atoms with Crippen molar-refractivity contribution in [3.63, 3.8) is 0 Å². The zero-order valence-electron chi connectivity index (χ0n) is 10.6. The standard InChI is InChI=1S/C15H12N4O/c20-15(14-16-10-17-19-14)18-13-9-5-4-8-12(13)11-6-2-1-3-7-11/h1-10H,(H,18,20)(H,16,17,19). The molecule has 2 N–H and O–H groups in total. The van der Waals surface area contributed by atoms with Gasteiger partial charge in [-0.3, -0.25) is 9.89 Å². The van der Waals surface area contributed by atoms with Crippen LogP contribution < -0.4 is 5.32 Å². The summed E-state index contributed by atoms with van der Waals surface area (Å²) in [5.41, 5.74) is 2.73. The van der Waals surface area contributed by atoms with E-state index in [-0.39, 0.29) is 11.7 Å². The minimum Gasteiger partial charge on any atom is -0.319 e. The smallest absolute Gasteiger partial charge is 0.295 e. The van der Waals surface area contributed by atoms with Crippen molar-refractivity contribution in [1.82, 2.24) is 15.2 Å². The number of H-pyrrole nitrogens is 1. The van der Waals surface area contributed by atoms with E-state index in [1.807, 2.05) is 54.6 Å². The molecule has 0 aliphatic rings. The van der Waals surface area contributed by atoms with Crippen LogP contribution in [0.3, 0.4) is 0 Å². The number of benzene rings is 2. The van der Waals surface area contributed by atoms with E-state index in [0.29, 0.717) is 0 Å². The first-order valence-corrected chi connectivity index (χ1v) is 6.16. The maximum atomic E-state index is 12.0. The number of rotatable bonds is 3. The second-order valence-electron chi connectivity index (χ2n) is 4.19. The van der Waals surface area contributed by atoms with Crippen LogP contribution in [0.15, 0.2) is 60.9 Å². The average Bonchev–Trinajstić information content (AvgIpc) is 3.03. The number of aromatic amines is 1. The van der Waals surface area contributed by atoms with Gasteiger partial charge in [0.1, 0.15) is 6.33 Å². The molecule has 0 bridgehead atoms. The quantitative estimate of drug-likeness (QED) is 0.764. The Hall–Kier alpha value is -2.95. The fourth-order valence-electron chi connectivity index (χ4n) is 1.96. The molecule has 1 amide bonds. The molecule has 3 rings (SSSR count). The van der Waals surface area contributed by atoms with Crippen molar-refractivity contribution in [3.05, 3.63) is 66.7 Å². The summed E-state index contributed by atoms with van der Waals surface area (Å²) >= 11 is 0. The van der Waals surface area contributed by atoms with Crippen LogP contribution in [0.5, 0.6) is 0 Å². The molecule has 1 heterocycles. The van der Waals surface area contributed by atoms with Crippen LogP contribution in [0.25, 0.3) is 11.1 Å². The number of para-hydroxylation sites is 1. The number of nitrogens with one attached hydrogen (secondary N) is 2. The number of carbonyl (C=O) groups excluding carboxylic acids is 1. The predicted octanol–water partition coefficient (Wildman–Crippen LogP) is 2.72. The van der Waals surface area contributed by atoms with E-state index in [0.717, 1.165) is 16.8 Å². The minimum atomic E-state index is -0.338. The van der Waals surface area contributed by atoms with Crippen LogP contribution in [0.2, 0.25) is 0 Å². The second-order valence-corrected chi connectivity index (χ2v) is 4.19. The first-order chi connectivity index (χ1) is 9.84. The fraction of sp³-hybridized carbons (Fsp3) is 0. The first-order valence-electron chi connectivity index (χ1n) is 6.16. The van der Waals surface area contributed by atoms with Crippen LogP contribution in [0, 0.1) is 0 Å². The van der Waals surface area contributed by atoms with Crippen molar-refractivity contribution in [2.45, 2.75) is 0 Å². The molecule has 0 aliphatic carbocycles.